The average Bonchev–Trinajstić information content (AvgIpc) is 2.60. The van der Waals surface area contributed by atoms with Crippen molar-refractivity contribution in [2.45, 2.75) is 24.0 Å². The molecule has 0 radical (unpaired) electrons. The van der Waals surface area contributed by atoms with E-state index in [2.05, 4.69) is 0 Å². The van der Waals surface area contributed by atoms with E-state index in [9.17, 15) is 31.2 Å². The molecule has 1 heterocycles. The van der Waals surface area contributed by atoms with Gasteiger partial charge in [0.25, 0.3) is 0 Å². The Morgan fingerprint density at radius 2 is 1.75 bits per heavy atom. The van der Waals surface area contributed by atoms with Crippen LogP contribution in [0, 0.1) is 0 Å². The summed E-state index contributed by atoms with van der Waals surface area (Å²) in [5.41, 5.74) is 3.81. The second kappa shape index (κ2) is 8.45. The molecular weight excluding hydrogens is 401 g/mol. The van der Waals surface area contributed by atoms with Gasteiger partial charge in [-0.25, -0.2) is 8.42 Å². The molecule has 1 saturated heterocycles. The van der Waals surface area contributed by atoms with Gasteiger partial charge in [0.15, 0.2) is 0 Å². The van der Waals surface area contributed by atoms with Crippen LogP contribution in [-0.2, 0) is 25.8 Å². The van der Waals surface area contributed by atoms with Crippen molar-refractivity contribution in [3.05, 3.63) is 29.8 Å². The van der Waals surface area contributed by atoms with Crippen molar-refractivity contribution in [1.29, 1.82) is 0 Å². The predicted molar refractivity (Wildman–Crippen MR) is 93.4 cm³/mol. The quantitative estimate of drug-likeness (QED) is 0.670. The molecule has 0 bridgehead atoms. The van der Waals surface area contributed by atoms with Crippen LogP contribution >= 0.6 is 0 Å². The molecule has 0 saturated carbocycles. The minimum atomic E-state index is -4.85. The maximum absolute atomic E-state index is 13.1. The van der Waals surface area contributed by atoms with Gasteiger partial charge in [-0.15, -0.1) is 0 Å². The number of nitrogens with one attached hydrogen (secondary N) is 1. The SMILES string of the molecule is C[C@H](NS(=O)(=O)c1ccccc1C(F)(F)F)C(=O)N1CCN(CC(N)=O)CC1. The van der Waals surface area contributed by atoms with Crippen molar-refractivity contribution in [1.82, 2.24) is 14.5 Å². The third-order valence-electron chi connectivity index (χ3n) is 4.25. The minimum absolute atomic E-state index is 0.0540. The Labute approximate surface area is 160 Å². The van der Waals surface area contributed by atoms with E-state index in [1.807, 2.05) is 4.72 Å². The monoisotopic (exact) mass is 422 g/mol. The number of carbonyl (C=O) groups excluding carboxylic acids is 2. The lowest BCUT2D eigenvalue weighted by Crippen LogP contribution is -2.55. The Hall–Kier alpha value is -2.18. The lowest BCUT2D eigenvalue weighted by atomic mass is 10.2. The zero-order valence-electron chi connectivity index (χ0n) is 15.1. The van der Waals surface area contributed by atoms with Crippen LogP contribution in [0.3, 0.4) is 0 Å². The number of primary amides is 1. The molecule has 156 valence electrons. The van der Waals surface area contributed by atoms with E-state index in [0.29, 0.717) is 19.2 Å². The molecule has 12 heteroatoms. The first-order valence-corrected chi connectivity index (χ1v) is 9.88. The molecule has 1 atom stereocenters. The van der Waals surface area contributed by atoms with E-state index in [4.69, 9.17) is 5.73 Å². The van der Waals surface area contributed by atoms with Crippen molar-refractivity contribution >= 4 is 21.8 Å². The number of sulfonamides is 1. The molecule has 2 rings (SSSR count). The summed E-state index contributed by atoms with van der Waals surface area (Å²) < 4.78 is 66.1. The molecular formula is C16H21F3N4O4S. The number of alkyl halides is 3. The standard InChI is InChI=1S/C16H21F3N4O4S/c1-11(15(25)23-8-6-22(7-9-23)10-14(20)24)21-28(26,27)13-5-3-2-4-12(13)16(17,18)19/h2-5,11,21H,6-10H2,1H3,(H2,20,24)/t11-/m0/s1. The highest BCUT2D eigenvalue weighted by Crippen LogP contribution is 2.33. The van der Waals surface area contributed by atoms with Crippen molar-refractivity contribution in [3.63, 3.8) is 0 Å². The maximum atomic E-state index is 13.1. The predicted octanol–water partition coefficient (Wildman–Crippen LogP) is 0.00170. The van der Waals surface area contributed by atoms with E-state index in [0.717, 1.165) is 12.1 Å². The zero-order chi connectivity index (χ0) is 21.1. The summed E-state index contributed by atoms with van der Waals surface area (Å²) >= 11 is 0. The molecule has 0 aliphatic carbocycles. The summed E-state index contributed by atoms with van der Waals surface area (Å²) in [7, 11) is -4.57. The summed E-state index contributed by atoms with van der Waals surface area (Å²) in [6, 6.07) is 2.51. The van der Waals surface area contributed by atoms with Gasteiger partial charge < -0.3 is 10.6 Å². The maximum Gasteiger partial charge on any atom is 0.417 e. The van der Waals surface area contributed by atoms with E-state index in [-0.39, 0.29) is 19.6 Å². The summed E-state index contributed by atoms with van der Waals surface area (Å²) in [5, 5.41) is 0. The number of amides is 2. The molecule has 1 aromatic carbocycles. The van der Waals surface area contributed by atoms with E-state index in [1.165, 1.54) is 17.9 Å². The van der Waals surface area contributed by atoms with Gasteiger partial charge in [-0.3, -0.25) is 14.5 Å². The Morgan fingerprint density at radius 3 is 2.29 bits per heavy atom. The number of rotatable bonds is 6. The Kier molecular flexibility index (Phi) is 6.67. The molecule has 0 spiro atoms. The van der Waals surface area contributed by atoms with Gasteiger partial charge in [-0.05, 0) is 19.1 Å². The molecule has 0 unspecified atom stereocenters. The van der Waals surface area contributed by atoms with E-state index >= 15 is 0 Å². The Morgan fingerprint density at radius 1 is 1.18 bits per heavy atom. The number of halogens is 3. The van der Waals surface area contributed by atoms with Crippen LogP contribution in [0.1, 0.15) is 12.5 Å². The van der Waals surface area contributed by atoms with Crippen LogP contribution in [0.25, 0.3) is 0 Å². The molecule has 0 aromatic heterocycles. The van der Waals surface area contributed by atoms with Gasteiger partial charge in [0.05, 0.1) is 23.0 Å². The van der Waals surface area contributed by atoms with Crippen molar-refractivity contribution in [2.24, 2.45) is 5.73 Å². The van der Waals surface area contributed by atoms with Crippen LogP contribution in [0.5, 0.6) is 0 Å². The number of nitrogens with two attached hydrogens (primary N) is 1. The highest BCUT2D eigenvalue weighted by Gasteiger charge is 2.38. The number of nitrogens with zero attached hydrogens (tertiary/aromatic N) is 2. The normalized spacial score (nSPS) is 17.4. The van der Waals surface area contributed by atoms with Crippen LogP contribution < -0.4 is 10.5 Å². The van der Waals surface area contributed by atoms with Gasteiger partial charge in [0.2, 0.25) is 21.8 Å². The van der Waals surface area contributed by atoms with Gasteiger partial charge in [0, 0.05) is 26.2 Å². The van der Waals surface area contributed by atoms with Crippen LogP contribution in [0.4, 0.5) is 13.2 Å². The molecule has 8 nitrogen and oxygen atoms in total. The van der Waals surface area contributed by atoms with Crippen molar-refractivity contribution in [3.8, 4) is 0 Å². The summed E-state index contributed by atoms with van der Waals surface area (Å²) in [4.78, 5) is 25.6. The summed E-state index contributed by atoms with van der Waals surface area (Å²) in [6.07, 6.45) is -4.85. The lowest BCUT2D eigenvalue weighted by molar-refractivity contribution is -0.140. The average molecular weight is 422 g/mol. The highest BCUT2D eigenvalue weighted by molar-refractivity contribution is 7.89. The fourth-order valence-corrected chi connectivity index (χ4v) is 4.33. The topological polar surface area (TPSA) is 113 Å². The highest BCUT2D eigenvalue weighted by atomic mass is 32.2. The zero-order valence-corrected chi connectivity index (χ0v) is 15.9. The summed E-state index contributed by atoms with van der Waals surface area (Å²) in [5.74, 6) is -1.06. The number of hydrogen-bond donors (Lipinski definition) is 2. The van der Waals surface area contributed by atoms with Gasteiger partial charge in [-0.2, -0.15) is 17.9 Å². The van der Waals surface area contributed by atoms with Gasteiger partial charge in [0.1, 0.15) is 0 Å². The smallest absolute Gasteiger partial charge is 0.369 e. The van der Waals surface area contributed by atoms with Gasteiger partial charge >= 0.3 is 6.18 Å². The molecule has 3 N–H and O–H groups in total. The molecule has 2 amide bonds. The second-order valence-electron chi connectivity index (χ2n) is 6.40. The van der Waals surface area contributed by atoms with Crippen LogP contribution in [0.15, 0.2) is 29.2 Å². The molecule has 1 aliphatic rings. The molecule has 1 aliphatic heterocycles. The first-order chi connectivity index (χ1) is 12.9. The van der Waals surface area contributed by atoms with Gasteiger partial charge in [-0.1, -0.05) is 12.1 Å². The lowest BCUT2D eigenvalue weighted by Gasteiger charge is -2.35. The van der Waals surface area contributed by atoms with Crippen LogP contribution in [0.2, 0.25) is 0 Å². The third kappa shape index (κ3) is 5.42. The Balaban J connectivity index is 2.07. The third-order valence-corrected chi connectivity index (χ3v) is 5.85. The largest absolute Gasteiger partial charge is 0.417 e. The number of carbonyl (C=O) groups is 2. The second-order valence-corrected chi connectivity index (χ2v) is 8.09. The Bertz CT molecular complexity index is 837. The van der Waals surface area contributed by atoms with E-state index in [1.54, 1.807) is 4.90 Å². The first-order valence-electron chi connectivity index (χ1n) is 8.40. The molecule has 1 fully saturated rings. The number of hydrogen-bond acceptors (Lipinski definition) is 5. The fraction of sp³-hybridized carbons (Fsp3) is 0.500. The molecule has 28 heavy (non-hydrogen) atoms. The number of benzene rings is 1. The van der Waals surface area contributed by atoms with Crippen molar-refractivity contribution < 1.29 is 31.2 Å². The molecule has 1 aromatic rings. The van der Waals surface area contributed by atoms with E-state index < -0.39 is 44.5 Å². The van der Waals surface area contributed by atoms with Crippen LogP contribution in [-0.4, -0.2) is 68.8 Å². The first kappa shape index (κ1) is 22.1. The van der Waals surface area contributed by atoms with Crippen molar-refractivity contribution in [2.75, 3.05) is 32.7 Å². The minimum Gasteiger partial charge on any atom is -0.369 e. The fourth-order valence-electron chi connectivity index (χ4n) is 2.90. The summed E-state index contributed by atoms with van der Waals surface area (Å²) in [6.45, 7) is 2.58. The number of piperazine rings is 1.